The zero-order valence-corrected chi connectivity index (χ0v) is 22.2. The average Bonchev–Trinajstić information content (AvgIpc) is 2.97. The van der Waals surface area contributed by atoms with Gasteiger partial charge in [0.2, 0.25) is 0 Å². The Hall–Kier alpha value is -4.62. The van der Waals surface area contributed by atoms with E-state index < -0.39 is 11.9 Å². The van der Waals surface area contributed by atoms with Crippen LogP contribution in [0.4, 0.5) is 0 Å². The van der Waals surface area contributed by atoms with Gasteiger partial charge in [-0.15, -0.1) is 0 Å². The molecule has 0 saturated heterocycles. The molecule has 0 N–H and O–H groups in total. The first-order valence-electron chi connectivity index (χ1n) is 13.3. The highest BCUT2D eigenvalue weighted by atomic mass is 16.5. The molecule has 0 fully saturated rings. The summed E-state index contributed by atoms with van der Waals surface area (Å²) in [7, 11) is 0. The number of ether oxygens (including phenoxy) is 3. The Kier molecular flexibility index (Phi) is 11.6. The molecular formula is C32H32N2O5. The second kappa shape index (κ2) is 15.6. The number of esters is 2. The number of benzene rings is 3. The molecule has 0 atom stereocenters. The fraction of sp³-hybridized carbons (Fsp3) is 0.312. The largest absolute Gasteiger partial charge is 0.493 e. The summed E-state index contributed by atoms with van der Waals surface area (Å²) in [5, 5.41) is 17.9. The predicted molar refractivity (Wildman–Crippen MR) is 147 cm³/mol. The molecule has 0 bridgehead atoms. The van der Waals surface area contributed by atoms with Crippen LogP contribution in [0.5, 0.6) is 17.2 Å². The van der Waals surface area contributed by atoms with Gasteiger partial charge in [0, 0.05) is 0 Å². The Labute approximate surface area is 229 Å². The molecule has 0 heterocycles. The Morgan fingerprint density at radius 1 is 0.667 bits per heavy atom. The SMILES string of the molecule is CCCCCCCCCCOc1cc(C(=O)Oc2ccc(C#N)cc2)ccc1C(=O)Oc1ccc(C#N)cc1. The molecule has 200 valence electrons. The summed E-state index contributed by atoms with van der Waals surface area (Å²) in [6.45, 7) is 2.59. The van der Waals surface area contributed by atoms with Crippen molar-refractivity contribution >= 4 is 11.9 Å². The molecule has 0 aliphatic carbocycles. The van der Waals surface area contributed by atoms with E-state index in [0.29, 0.717) is 23.5 Å². The van der Waals surface area contributed by atoms with Crippen molar-refractivity contribution in [3.05, 3.63) is 89.0 Å². The lowest BCUT2D eigenvalue weighted by molar-refractivity contribution is 0.0716. The van der Waals surface area contributed by atoms with Crippen molar-refractivity contribution in [1.29, 1.82) is 10.5 Å². The molecule has 3 aromatic carbocycles. The highest BCUT2D eigenvalue weighted by Crippen LogP contribution is 2.25. The summed E-state index contributed by atoms with van der Waals surface area (Å²) in [4.78, 5) is 25.8. The van der Waals surface area contributed by atoms with E-state index in [4.69, 9.17) is 24.7 Å². The van der Waals surface area contributed by atoms with Gasteiger partial charge >= 0.3 is 11.9 Å². The van der Waals surface area contributed by atoms with Crippen LogP contribution in [0.2, 0.25) is 0 Å². The van der Waals surface area contributed by atoms with E-state index in [9.17, 15) is 9.59 Å². The van der Waals surface area contributed by atoms with Crippen molar-refractivity contribution < 1.29 is 23.8 Å². The van der Waals surface area contributed by atoms with Crippen LogP contribution in [0.25, 0.3) is 0 Å². The number of nitriles is 2. The van der Waals surface area contributed by atoms with E-state index >= 15 is 0 Å². The van der Waals surface area contributed by atoms with Gasteiger partial charge < -0.3 is 14.2 Å². The third kappa shape index (κ3) is 9.32. The van der Waals surface area contributed by atoms with Crippen molar-refractivity contribution in [2.45, 2.75) is 58.3 Å². The predicted octanol–water partition coefficient (Wildman–Crippen LogP) is 7.39. The summed E-state index contributed by atoms with van der Waals surface area (Å²) in [5.74, 6) is -0.450. The number of carbonyl (C=O) groups excluding carboxylic acids is 2. The molecule has 3 aromatic rings. The first-order valence-corrected chi connectivity index (χ1v) is 13.3. The van der Waals surface area contributed by atoms with Crippen LogP contribution in [-0.4, -0.2) is 18.5 Å². The average molecular weight is 525 g/mol. The van der Waals surface area contributed by atoms with Gasteiger partial charge in [0.1, 0.15) is 22.8 Å². The monoisotopic (exact) mass is 524 g/mol. The van der Waals surface area contributed by atoms with Gasteiger partial charge in [-0.3, -0.25) is 0 Å². The summed E-state index contributed by atoms with van der Waals surface area (Å²) < 4.78 is 16.9. The molecule has 0 spiro atoms. The van der Waals surface area contributed by atoms with Gasteiger partial charge in [-0.05, 0) is 73.2 Å². The molecule has 0 saturated carbocycles. The lowest BCUT2D eigenvalue weighted by Crippen LogP contribution is -2.14. The summed E-state index contributed by atoms with van der Waals surface area (Å²) in [6.07, 6.45) is 9.15. The van der Waals surface area contributed by atoms with Gasteiger partial charge in [0.15, 0.2) is 0 Å². The van der Waals surface area contributed by atoms with Crippen molar-refractivity contribution in [3.63, 3.8) is 0 Å². The lowest BCUT2D eigenvalue weighted by atomic mass is 10.1. The normalized spacial score (nSPS) is 10.2. The molecule has 0 amide bonds. The number of unbranched alkanes of at least 4 members (excludes halogenated alkanes) is 7. The second-order valence-corrected chi connectivity index (χ2v) is 9.09. The minimum absolute atomic E-state index is 0.175. The summed E-state index contributed by atoms with van der Waals surface area (Å²) in [6, 6.07) is 20.9. The Bertz CT molecular complexity index is 1320. The first kappa shape index (κ1) is 28.9. The molecule has 0 radical (unpaired) electrons. The van der Waals surface area contributed by atoms with E-state index in [2.05, 4.69) is 6.92 Å². The van der Waals surface area contributed by atoms with E-state index in [-0.39, 0.29) is 22.6 Å². The highest BCUT2D eigenvalue weighted by Gasteiger charge is 2.19. The number of nitrogens with zero attached hydrogens (tertiary/aromatic N) is 2. The number of rotatable bonds is 14. The van der Waals surface area contributed by atoms with Crippen molar-refractivity contribution in [2.75, 3.05) is 6.61 Å². The standard InChI is InChI=1S/C32H32N2O5/c1-2-3-4-5-6-7-8-9-20-37-30-21-26(31(35)38-27-15-10-24(22-33)11-16-27)14-19-29(30)32(36)39-28-17-12-25(23-34)13-18-28/h10-19,21H,2-9,20H2,1H3. The van der Waals surface area contributed by atoms with Crippen LogP contribution in [0.3, 0.4) is 0 Å². The third-order valence-electron chi connectivity index (χ3n) is 6.08. The van der Waals surface area contributed by atoms with Gasteiger partial charge in [0.05, 0.1) is 35.4 Å². The Balaban J connectivity index is 1.69. The maximum atomic E-state index is 13.0. The molecule has 0 aliphatic heterocycles. The molecule has 7 nitrogen and oxygen atoms in total. The van der Waals surface area contributed by atoms with Crippen molar-refractivity contribution in [2.24, 2.45) is 0 Å². The molecule has 3 rings (SSSR count). The number of hydrogen-bond donors (Lipinski definition) is 0. The van der Waals surface area contributed by atoms with Crippen LogP contribution in [0.1, 0.15) is 90.1 Å². The van der Waals surface area contributed by atoms with E-state index in [1.54, 1.807) is 48.5 Å². The van der Waals surface area contributed by atoms with Crippen LogP contribution >= 0.6 is 0 Å². The molecule has 0 aliphatic rings. The zero-order chi connectivity index (χ0) is 27.9. The van der Waals surface area contributed by atoms with Crippen molar-refractivity contribution in [3.8, 4) is 29.4 Å². The van der Waals surface area contributed by atoms with Gasteiger partial charge in [-0.1, -0.05) is 51.9 Å². The van der Waals surface area contributed by atoms with Gasteiger partial charge in [-0.25, -0.2) is 9.59 Å². The fourth-order valence-electron chi connectivity index (χ4n) is 3.88. The van der Waals surface area contributed by atoms with Crippen LogP contribution in [0, 0.1) is 22.7 Å². The lowest BCUT2D eigenvalue weighted by Gasteiger charge is -2.13. The number of hydrogen-bond acceptors (Lipinski definition) is 7. The van der Waals surface area contributed by atoms with E-state index in [1.807, 2.05) is 12.1 Å². The van der Waals surface area contributed by atoms with E-state index in [1.165, 1.54) is 50.3 Å². The van der Waals surface area contributed by atoms with Crippen LogP contribution in [0.15, 0.2) is 66.7 Å². The third-order valence-corrected chi connectivity index (χ3v) is 6.08. The van der Waals surface area contributed by atoms with Gasteiger partial charge in [-0.2, -0.15) is 10.5 Å². The Morgan fingerprint density at radius 2 is 1.18 bits per heavy atom. The minimum atomic E-state index is -0.641. The van der Waals surface area contributed by atoms with Crippen LogP contribution < -0.4 is 14.2 Å². The van der Waals surface area contributed by atoms with Crippen molar-refractivity contribution in [1.82, 2.24) is 0 Å². The van der Waals surface area contributed by atoms with E-state index in [0.717, 1.165) is 19.3 Å². The van der Waals surface area contributed by atoms with Gasteiger partial charge in [0.25, 0.3) is 0 Å². The second-order valence-electron chi connectivity index (χ2n) is 9.09. The molecular weight excluding hydrogens is 492 g/mol. The Morgan fingerprint density at radius 3 is 1.72 bits per heavy atom. The number of carbonyl (C=O) groups is 2. The maximum absolute atomic E-state index is 13.0. The first-order chi connectivity index (χ1) is 19.0. The smallest absolute Gasteiger partial charge is 0.347 e. The maximum Gasteiger partial charge on any atom is 0.347 e. The topological polar surface area (TPSA) is 109 Å². The van der Waals surface area contributed by atoms with Crippen LogP contribution in [-0.2, 0) is 0 Å². The molecule has 0 unspecified atom stereocenters. The summed E-state index contributed by atoms with van der Waals surface area (Å²) in [5.41, 5.74) is 1.29. The highest BCUT2D eigenvalue weighted by molar-refractivity contribution is 5.97. The molecule has 39 heavy (non-hydrogen) atoms. The minimum Gasteiger partial charge on any atom is -0.493 e. The fourth-order valence-corrected chi connectivity index (χ4v) is 3.88. The zero-order valence-electron chi connectivity index (χ0n) is 22.2. The molecule has 0 aromatic heterocycles. The quantitative estimate of drug-likeness (QED) is 0.123. The summed E-state index contributed by atoms with van der Waals surface area (Å²) >= 11 is 0. The molecule has 7 heteroatoms.